The number of H-pyrrole nitrogens is 1. The third kappa shape index (κ3) is 4.04. The molecule has 0 bridgehead atoms. The van der Waals surface area contributed by atoms with Crippen LogP contribution in [0.5, 0.6) is 11.8 Å². The Morgan fingerprint density at radius 3 is 3.10 bits per heavy atom. The lowest BCUT2D eigenvalue weighted by molar-refractivity contribution is 0.183. The zero-order valence-corrected chi connectivity index (χ0v) is 16.6. The van der Waals surface area contributed by atoms with Crippen LogP contribution in [0.3, 0.4) is 0 Å². The Bertz CT molecular complexity index is 1130. The Hall–Kier alpha value is -3.08. The molecule has 0 aliphatic carbocycles. The molecule has 2 atom stereocenters. The van der Waals surface area contributed by atoms with Gasteiger partial charge in [-0.25, -0.2) is 4.21 Å². The summed E-state index contributed by atoms with van der Waals surface area (Å²) in [6.45, 7) is 2.78. The smallest absolute Gasteiger partial charge is 0.311 e. The minimum Gasteiger partial charge on any atom is -0.422 e. The van der Waals surface area contributed by atoms with Gasteiger partial charge in [-0.05, 0) is 18.9 Å². The molecule has 4 rings (SSSR count). The van der Waals surface area contributed by atoms with Gasteiger partial charge in [-0.1, -0.05) is 6.92 Å². The summed E-state index contributed by atoms with van der Waals surface area (Å²) >= 11 is 0. The molecule has 152 valence electrons. The van der Waals surface area contributed by atoms with Gasteiger partial charge in [0, 0.05) is 25.0 Å². The zero-order valence-electron chi connectivity index (χ0n) is 15.8. The molecule has 1 N–H and O–H groups in total. The summed E-state index contributed by atoms with van der Waals surface area (Å²) in [5.74, 6) is 0.726. The maximum Gasteiger partial charge on any atom is 0.311 e. The Labute approximate surface area is 168 Å². The molecule has 1 amide bonds. The van der Waals surface area contributed by atoms with E-state index in [1.54, 1.807) is 28.8 Å². The highest BCUT2D eigenvalue weighted by atomic mass is 32.2. The largest absolute Gasteiger partial charge is 0.422 e. The molecule has 1 aliphatic heterocycles. The molecule has 4 heterocycles. The van der Waals surface area contributed by atoms with Gasteiger partial charge in [0.05, 0.1) is 35.5 Å². The summed E-state index contributed by atoms with van der Waals surface area (Å²) in [6.07, 6.45) is 7.90. The first kappa shape index (κ1) is 19.2. The fourth-order valence-corrected chi connectivity index (χ4v) is 4.01. The van der Waals surface area contributed by atoms with Crippen molar-refractivity contribution >= 4 is 26.9 Å². The van der Waals surface area contributed by atoms with E-state index in [2.05, 4.69) is 20.1 Å². The molecule has 11 heteroatoms. The number of hydrogen-bond donors (Lipinski definition) is 1. The average Bonchev–Trinajstić information content (AvgIpc) is 3.21. The van der Waals surface area contributed by atoms with Gasteiger partial charge in [0.25, 0.3) is 5.56 Å². The van der Waals surface area contributed by atoms with E-state index in [-0.39, 0.29) is 22.9 Å². The fraction of sp³-hybridized carbons (Fsp3) is 0.389. The van der Waals surface area contributed by atoms with E-state index >= 15 is 0 Å². The second kappa shape index (κ2) is 8.11. The summed E-state index contributed by atoms with van der Waals surface area (Å²) in [5, 5.41) is 4.43. The number of pyridine rings is 1. The van der Waals surface area contributed by atoms with Crippen LogP contribution in [0.25, 0.3) is 10.9 Å². The Morgan fingerprint density at radius 2 is 2.28 bits per heavy atom. The third-order valence-electron chi connectivity index (χ3n) is 4.77. The molecule has 0 aromatic carbocycles. The molecule has 3 aromatic rings. The van der Waals surface area contributed by atoms with Crippen LogP contribution >= 0.6 is 0 Å². The Morgan fingerprint density at radius 1 is 1.41 bits per heavy atom. The number of nitrogens with one attached hydrogen (secondary N) is 1. The first-order valence-corrected chi connectivity index (χ1v) is 10.6. The number of carbonyl (C=O) groups is 1. The monoisotopic (exact) mass is 416 g/mol. The van der Waals surface area contributed by atoms with Crippen molar-refractivity contribution in [1.29, 1.82) is 0 Å². The maximum atomic E-state index is 12.2. The fourth-order valence-electron chi connectivity index (χ4n) is 3.31. The minimum atomic E-state index is -1.49. The highest BCUT2D eigenvalue weighted by Gasteiger charge is 2.27. The van der Waals surface area contributed by atoms with Crippen LogP contribution in [0.1, 0.15) is 25.8 Å². The lowest BCUT2D eigenvalue weighted by Gasteiger charge is -2.32. The number of aromatic amines is 1. The van der Waals surface area contributed by atoms with Crippen LogP contribution in [-0.4, -0.2) is 57.9 Å². The van der Waals surface area contributed by atoms with Crippen molar-refractivity contribution < 1.29 is 13.7 Å². The Kier molecular flexibility index (Phi) is 5.38. The number of piperidine rings is 1. The van der Waals surface area contributed by atoms with Gasteiger partial charge in [-0.2, -0.15) is 10.1 Å². The predicted octanol–water partition coefficient (Wildman–Crippen LogP) is 1.83. The van der Waals surface area contributed by atoms with Gasteiger partial charge in [0.1, 0.15) is 10.8 Å². The molecular formula is C18H20N6O4S. The molecule has 1 aliphatic rings. The van der Waals surface area contributed by atoms with E-state index in [0.717, 1.165) is 12.8 Å². The summed E-state index contributed by atoms with van der Waals surface area (Å²) in [6, 6.07) is 1.60. The zero-order chi connectivity index (χ0) is 20.4. The van der Waals surface area contributed by atoms with E-state index in [9.17, 15) is 13.8 Å². The second-order valence-corrected chi connectivity index (χ2v) is 8.28. The SMILES string of the molecule is CCS(=O)C(=O)N1CCCC(n2cc(Oc3nc4cnccc4c(=O)[nH]3)cn2)C1. The lowest BCUT2D eigenvalue weighted by Crippen LogP contribution is -2.42. The number of aromatic nitrogens is 5. The van der Waals surface area contributed by atoms with Crippen LogP contribution in [0.4, 0.5) is 4.79 Å². The lowest BCUT2D eigenvalue weighted by atomic mass is 10.1. The highest BCUT2D eigenvalue weighted by Crippen LogP contribution is 2.25. The summed E-state index contributed by atoms with van der Waals surface area (Å²) < 4.78 is 19.2. The molecule has 0 spiro atoms. The Balaban J connectivity index is 1.49. The molecule has 1 saturated heterocycles. The molecule has 2 unspecified atom stereocenters. The van der Waals surface area contributed by atoms with Gasteiger partial charge < -0.3 is 9.64 Å². The van der Waals surface area contributed by atoms with E-state index < -0.39 is 10.8 Å². The minimum absolute atomic E-state index is 0.0354. The average molecular weight is 416 g/mol. The second-order valence-electron chi connectivity index (χ2n) is 6.66. The number of rotatable bonds is 4. The first-order chi connectivity index (χ1) is 14.0. The van der Waals surface area contributed by atoms with Gasteiger partial charge >= 0.3 is 11.2 Å². The van der Waals surface area contributed by atoms with Crippen molar-refractivity contribution in [3.63, 3.8) is 0 Å². The van der Waals surface area contributed by atoms with E-state index in [4.69, 9.17) is 4.74 Å². The van der Waals surface area contributed by atoms with Gasteiger partial charge in [-0.15, -0.1) is 0 Å². The van der Waals surface area contributed by atoms with Crippen LogP contribution in [0.2, 0.25) is 0 Å². The number of likely N-dealkylation sites (tertiary alicyclic amines) is 1. The van der Waals surface area contributed by atoms with Gasteiger partial charge in [0.15, 0.2) is 5.75 Å². The van der Waals surface area contributed by atoms with Crippen molar-refractivity contribution in [2.45, 2.75) is 25.8 Å². The molecule has 3 aromatic heterocycles. The molecule has 0 saturated carbocycles. The predicted molar refractivity (Wildman–Crippen MR) is 106 cm³/mol. The molecular weight excluding hydrogens is 396 g/mol. The van der Waals surface area contributed by atoms with Crippen molar-refractivity contribution in [3.05, 3.63) is 41.2 Å². The molecule has 29 heavy (non-hydrogen) atoms. The van der Waals surface area contributed by atoms with Crippen molar-refractivity contribution in [2.75, 3.05) is 18.8 Å². The van der Waals surface area contributed by atoms with Gasteiger partial charge in [0.2, 0.25) is 0 Å². The number of nitrogens with zero attached hydrogens (tertiary/aromatic N) is 5. The van der Waals surface area contributed by atoms with E-state index in [1.807, 2.05) is 0 Å². The van der Waals surface area contributed by atoms with Crippen LogP contribution in [0, 0.1) is 0 Å². The maximum absolute atomic E-state index is 12.2. The van der Waals surface area contributed by atoms with E-state index in [1.165, 1.54) is 18.6 Å². The number of ether oxygens (including phenoxy) is 1. The quantitative estimate of drug-likeness (QED) is 0.688. The van der Waals surface area contributed by atoms with Gasteiger partial charge in [-0.3, -0.25) is 24.2 Å². The normalized spacial score (nSPS) is 18.0. The van der Waals surface area contributed by atoms with Crippen molar-refractivity contribution in [2.24, 2.45) is 0 Å². The van der Waals surface area contributed by atoms with Crippen LogP contribution < -0.4 is 10.3 Å². The number of fused-ring (bicyclic) bond motifs is 1. The van der Waals surface area contributed by atoms with E-state index in [0.29, 0.717) is 35.5 Å². The molecule has 0 radical (unpaired) electrons. The molecule has 1 fully saturated rings. The standard InChI is InChI=1S/C18H20N6O4S/c1-2-29(27)18(26)23-7-3-4-12(10-23)24-11-13(8-20-24)28-17-21-15-9-19-6-5-14(15)16(25)22-17/h5-6,8-9,11-12H,2-4,7,10H2,1H3,(H,21,22,25). The van der Waals surface area contributed by atoms with Crippen molar-refractivity contribution in [3.8, 4) is 11.8 Å². The number of hydrogen-bond acceptors (Lipinski definition) is 7. The van der Waals surface area contributed by atoms with Crippen molar-refractivity contribution in [1.82, 2.24) is 29.6 Å². The molecule has 10 nitrogen and oxygen atoms in total. The topological polar surface area (TPSA) is 123 Å². The van der Waals surface area contributed by atoms with Crippen LogP contribution in [-0.2, 0) is 10.8 Å². The number of amides is 1. The number of carbonyl (C=O) groups excluding carboxylic acids is 1. The summed E-state index contributed by atoms with van der Waals surface area (Å²) in [5.41, 5.74) is 0.120. The first-order valence-electron chi connectivity index (χ1n) is 9.28. The third-order valence-corrected chi connectivity index (χ3v) is 5.94. The highest BCUT2D eigenvalue weighted by molar-refractivity contribution is 8.00. The summed E-state index contributed by atoms with van der Waals surface area (Å²) in [4.78, 5) is 36.8. The summed E-state index contributed by atoms with van der Waals surface area (Å²) in [7, 11) is -1.49. The van der Waals surface area contributed by atoms with Crippen LogP contribution in [0.15, 0.2) is 35.6 Å².